The van der Waals surface area contributed by atoms with E-state index >= 15 is 0 Å². The summed E-state index contributed by atoms with van der Waals surface area (Å²) in [5.41, 5.74) is 1.33. The molecule has 2 aromatic heterocycles. The van der Waals surface area contributed by atoms with Gasteiger partial charge in [-0.2, -0.15) is 0 Å². The van der Waals surface area contributed by atoms with E-state index in [4.69, 9.17) is 0 Å². The quantitative estimate of drug-likeness (QED) is 0.709. The summed E-state index contributed by atoms with van der Waals surface area (Å²) < 4.78 is 28.4. The van der Waals surface area contributed by atoms with Crippen molar-refractivity contribution in [3.05, 3.63) is 59.3 Å². The zero-order chi connectivity index (χ0) is 20.4. The predicted molar refractivity (Wildman–Crippen MR) is 102 cm³/mol. The number of benzene rings is 1. The highest BCUT2D eigenvalue weighted by atomic mass is 19.1. The molecule has 8 nitrogen and oxygen atoms in total. The number of nitrogens with one attached hydrogen (secondary N) is 1. The van der Waals surface area contributed by atoms with Gasteiger partial charge in [0, 0.05) is 24.7 Å². The van der Waals surface area contributed by atoms with Gasteiger partial charge in [0.2, 0.25) is 0 Å². The number of hydrogen-bond acceptors (Lipinski definition) is 6. The summed E-state index contributed by atoms with van der Waals surface area (Å²) in [6.45, 7) is 3.45. The Labute approximate surface area is 165 Å². The molecule has 1 aliphatic rings. The fourth-order valence-corrected chi connectivity index (χ4v) is 3.31. The van der Waals surface area contributed by atoms with Gasteiger partial charge in [0.05, 0.1) is 18.4 Å². The first-order valence-electron chi connectivity index (χ1n) is 9.23. The van der Waals surface area contributed by atoms with Crippen molar-refractivity contribution in [3.63, 3.8) is 0 Å². The number of carbonyl (C=O) groups excluding carboxylic acids is 1. The average Bonchev–Trinajstić information content (AvgIpc) is 3.35. The van der Waals surface area contributed by atoms with Crippen LogP contribution in [0.1, 0.15) is 34.6 Å². The fourth-order valence-electron chi connectivity index (χ4n) is 3.31. The molecule has 0 unspecified atom stereocenters. The molecular formula is C19H19F2N7O. The Balaban J connectivity index is 1.53. The molecule has 1 N–H and O–H groups in total. The summed E-state index contributed by atoms with van der Waals surface area (Å²) in [6, 6.07) is 3.33. The van der Waals surface area contributed by atoms with Crippen molar-refractivity contribution in [1.29, 1.82) is 0 Å². The van der Waals surface area contributed by atoms with Crippen LogP contribution in [0.15, 0.2) is 30.7 Å². The van der Waals surface area contributed by atoms with Crippen LogP contribution < -0.4 is 10.2 Å². The highest BCUT2D eigenvalue weighted by molar-refractivity contribution is 6.04. The minimum Gasteiger partial charge on any atom is -0.355 e. The van der Waals surface area contributed by atoms with E-state index < -0.39 is 17.5 Å². The van der Waals surface area contributed by atoms with Gasteiger partial charge in [-0.1, -0.05) is 11.3 Å². The molecule has 1 fully saturated rings. The second-order valence-electron chi connectivity index (χ2n) is 6.83. The van der Waals surface area contributed by atoms with E-state index in [1.165, 1.54) is 23.1 Å². The third-order valence-electron chi connectivity index (χ3n) is 4.88. The summed E-state index contributed by atoms with van der Waals surface area (Å²) in [7, 11) is 0. The van der Waals surface area contributed by atoms with Crippen LogP contribution in [0.3, 0.4) is 0 Å². The van der Waals surface area contributed by atoms with E-state index in [2.05, 4.69) is 30.5 Å². The van der Waals surface area contributed by atoms with Crippen LogP contribution in [0.4, 0.5) is 20.3 Å². The molecule has 0 bridgehead atoms. The SMILES string of the molecule is Cc1c(C(=O)Nc2cncnc2N2CCCC2)nnn1Cc1ccc(F)cc1F. The molecule has 1 saturated heterocycles. The molecule has 1 aromatic carbocycles. The summed E-state index contributed by atoms with van der Waals surface area (Å²) in [4.78, 5) is 23.1. The lowest BCUT2D eigenvalue weighted by Gasteiger charge is -2.19. The van der Waals surface area contributed by atoms with Gasteiger partial charge in [-0.25, -0.2) is 23.4 Å². The van der Waals surface area contributed by atoms with Crippen molar-refractivity contribution < 1.29 is 13.6 Å². The molecule has 150 valence electrons. The minimum absolute atomic E-state index is 0.0334. The Kier molecular flexibility index (Phi) is 5.15. The first-order chi connectivity index (χ1) is 14.0. The number of hydrogen-bond donors (Lipinski definition) is 1. The number of aromatic nitrogens is 5. The lowest BCUT2D eigenvalue weighted by Crippen LogP contribution is -2.23. The van der Waals surface area contributed by atoms with Crippen molar-refractivity contribution in [2.24, 2.45) is 0 Å². The van der Waals surface area contributed by atoms with E-state index in [1.807, 2.05) is 0 Å². The van der Waals surface area contributed by atoms with E-state index in [9.17, 15) is 13.6 Å². The van der Waals surface area contributed by atoms with Crippen LogP contribution in [0, 0.1) is 18.6 Å². The number of halogens is 2. The molecule has 4 rings (SSSR count). The summed E-state index contributed by atoms with van der Waals surface area (Å²) >= 11 is 0. The van der Waals surface area contributed by atoms with Gasteiger partial charge in [0.15, 0.2) is 11.5 Å². The smallest absolute Gasteiger partial charge is 0.278 e. The summed E-state index contributed by atoms with van der Waals surface area (Å²) in [6.07, 6.45) is 5.14. The van der Waals surface area contributed by atoms with Crippen LogP contribution in [0.2, 0.25) is 0 Å². The lowest BCUT2D eigenvalue weighted by atomic mass is 10.2. The standard InChI is InChI=1S/C19H19F2N7O/c1-12-17(25-26-28(12)10-13-4-5-14(20)8-15(13)21)19(29)24-16-9-22-11-23-18(16)27-6-2-3-7-27/h4-5,8-9,11H,2-3,6-7,10H2,1H3,(H,24,29). The van der Waals surface area contributed by atoms with E-state index in [-0.39, 0.29) is 17.8 Å². The number of carbonyl (C=O) groups is 1. The average molecular weight is 399 g/mol. The molecule has 29 heavy (non-hydrogen) atoms. The highest BCUT2D eigenvalue weighted by Gasteiger charge is 2.22. The Morgan fingerprint density at radius 2 is 2.03 bits per heavy atom. The maximum atomic E-state index is 13.9. The Morgan fingerprint density at radius 1 is 1.24 bits per heavy atom. The molecule has 1 amide bonds. The van der Waals surface area contributed by atoms with Crippen LogP contribution in [-0.4, -0.2) is 44.0 Å². The van der Waals surface area contributed by atoms with Gasteiger partial charge in [-0.3, -0.25) is 4.79 Å². The van der Waals surface area contributed by atoms with Crippen LogP contribution in [0.5, 0.6) is 0 Å². The fraction of sp³-hybridized carbons (Fsp3) is 0.316. The second-order valence-corrected chi connectivity index (χ2v) is 6.83. The Morgan fingerprint density at radius 3 is 2.79 bits per heavy atom. The van der Waals surface area contributed by atoms with Crippen molar-refractivity contribution in [2.75, 3.05) is 23.3 Å². The zero-order valence-corrected chi connectivity index (χ0v) is 15.8. The number of amides is 1. The molecule has 0 radical (unpaired) electrons. The van der Waals surface area contributed by atoms with Crippen molar-refractivity contribution >= 4 is 17.4 Å². The number of anilines is 2. The first kappa shape index (κ1) is 18.9. The van der Waals surface area contributed by atoms with Crippen molar-refractivity contribution in [3.8, 4) is 0 Å². The van der Waals surface area contributed by atoms with Crippen LogP contribution in [0.25, 0.3) is 0 Å². The molecular weight excluding hydrogens is 380 g/mol. The summed E-state index contributed by atoms with van der Waals surface area (Å²) in [5, 5.41) is 10.7. The topological polar surface area (TPSA) is 88.8 Å². The third kappa shape index (κ3) is 3.91. The molecule has 1 aliphatic heterocycles. The van der Waals surface area contributed by atoms with E-state index in [0.29, 0.717) is 17.2 Å². The molecule has 3 heterocycles. The van der Waals surface area contributed by atoms with Crippen molar-refractivity contribution in [1.82, 2.24) is 25.0 Å². The van der Waals surface area contributed by atoms with Gasteiger partial charge in [0.1, 0.15) is 23.6 Å². The monoisotopic (exact) mass is 399 g/mol. The van der Waals surface area contributed by atoms with E-state index in [0.717, 1.165) is 32.0 Å². The Bertz CT molecular complexity index is 1050. The molecule has 10 heteroatoms. The number of rotatable bonds is 5. The second kappa shape index (κ2) is 7.90. The van der Waals surface area contributed by atoms with Crippen LogP contribution >= 0.6 is 0 Å². The van der Waals surface area contributed by atoms with Gasteiger partial charge < -0.3 is 10.2 Å². The molecule has 0 saturated carbocycles. The van der Waals surface area contributed by atoms with Gasteiger partial charge in [-0.05, 0) is 25.8 Å². The molecule has 0 atom stereocenters. The van der Waals surface area contributed by atoms with Crippen LogP contribution in [-0.2, 0) is 6.54 Å². The molecule has 0 aliphatic carbocycles. The normalized spacial score (nSPS) is 13.7. The molecule has 0 spiro atoms. The highest BCUT2D eigenvalue weighted by Crippen LogP contribution is 2.26. The molecule has 3 aromatic rings. The van der Waals surface area contributed by atoms with Gasteiger partial charge >= 0.3 is 0 Å². The van der Waals surface area contributed by atoms with E-state index in [1.54, 1.807) is 13.1 Å². The first-order valence-corrected chi connectivity index (χ1v) is 9.23. The lowest BCUT2D eigenvalue weighted by molar-refractivity contribution is 0.102. The largest absolute Gasteiger partial charge is 0.355 e. The maximum absolute atomic E-state index is 13.9. The maximum Gasteiger partial charge on any atom is 0.278 e. The minimum atomic E-state index is -0.678. The van der Waals surface area contributed by atoms with Gasteiger partial charge in [-0.15, -0.1) is 5.10 Å². The predicted octanol–water partition coefficient (Wildman–Crippen LogP) is 2.56. The summed E-state index contributed by atoms with van der Waals surface area (Å²) in [5.74, 6) is -1.11. The van der Waals surface area contributed by atoms with Gasteiger partial charge in [0.25, 0.3) is 5.91 Å². The zero-order valence-electron chi connectivity index (χ0n) is 15.8. The Hall–Kier alpha value is -3.43. The third-order valence-corrected chi connectivity index (χ3v) is 4.88. The number of nitrogens with zero attached hydrogens (tertiary/aromatic N) is 6. The van der Waals surface area contributed by atoms with Crippen molar-refractivity contribution in [2.45, 2.75) is 26.3 Å².